The average Bonchev–Trinajstić information content (AvgIpc) is 2.46. The van der Waals surface area contributed by atoms with Gasteiger partial charge in [0.2, 0.25) is 0 Å². The summed E-state index contributed by atoms with van der Waals surface area (Å²) in [6.07, 6.45) is 0. The Morgan fingerprint density at radius 2 is 1.71 bits per heavy atom. The molecule has 1 aromatic carbocycles. The van der Waals surface area contributed by atoms with E-state index in [0.29, 0.717) is 32.0 Å². The van der Waals surface area contributed by atoms with Crippen LogP contribution in [0.5, 0.6) is 0 Å². The van der Waals surface area contributed by atoms with Gasteiger partial charge in [-0.2, -0.15) is 0 Å². The summed E-state index contributed by atoms with van der Waals surface area (Å²) in [5, 5.41) is 0. The Morgan fingerprint density at radius 1 is 1.14 bits per heavy atom. The standard InChI is InChI=1S/C16H24BrNO3/c1-4-20-10-8-18(9-11-21-5-2)16-7-6-14(13(3)19)12-15(16)17/h6-7,12H,4-5,8-11H2,1-3H3. The quantitative estimate of drug-likeness (QED) is 0.474. The molecule has 0 saturated heterocycles. The van der Waals surface area contributed by atoms with E-state index in [4.69, 9.17) is 9.47 Å². The molecule has 0 atom stereocenters. The van der Waals surface area contributed by atoms with Gasteiger partial charge in [0.1, 0.15) is 0 Å². The molecule has 21 heavy (non-hydrogen) atoms. The molecule has 0 bridgehead atoms. The van der Waals surface area contributed by atoms with Crippen molar-refractivity contribution in [2.24, 2.45) is 0 Å². The lowest BCUT2D eigenvalue weighted by atomic mass is 10.1. The molecule has 0 N–H and O–H groups in total. The molecular formula is C16H24BrNO3. The van der Waals surface area contributed by atoms with Crippen molar-refractivity contribution in [2.75, 3.05) is 44.4 Å². The number of halogens is 1. The first-order valence-electron chi connectivity index (χ1n) is 7.31. The number of hydrogen-bond acceptors (Lipinski definition) is 4. The van der Waals surface area contributed by atoms with E-state index in [0.717, 1.165) is 23.2 Å². The minimum absolute atomic E-state index is 0.0671. The Kier molecular flexibility index (Phi) is 8.57. The Hall–Kier alpha value is -0.910. The Labute approximate surface area is 135 Å². The number of carbonyl (C=O) groups excluding carboxylic acids is 1. The smallest absolute Gasteiger partial charge is 0.159 e. The summed E-state index contributed by atoms with van der Waals surface area (Å²) < 4.78 is 11.8. The van der Waals surface area contributed by atoms with Crippen LogP contribution in [0.25, 0.3) is 0 Å². The molecule has 1 rings (SSSR count). The van der Waals surface area contributed by atoms with E-state index in [1.807, 2.05) is 32.0 Å². The number of ketones is 1. The van der Waals surface area contributed by atoms with Crippen LogP contribution in [-0.2, 0) is 9.47 Å². The van der Waals surface area contributed by atoms with Crippen molar-refractivity contribution in [1.29, 1.82) is 0 Å². The van der Waals surface area contributed by atoms with E-state index in [-0.39, 0.29) is 5.78 Å². The molecule has 0 saturated carbocycles. The van der Waals surface area contributed by atoms with Crippen LogP contribution >= 0.6 is 15.9 Å². The lowest BCUT2D eigenvalue weighted by molar-refractivity contribution is 0.101. The van der Waals surface area contributed by atoms with Crippen LogP contribution in [-0.4, -0.2) is 45.3 Å². The molecule has 0 radical (unpaired) electrons. The third-order valence-corrected chi connectivity index (χ3v) is 3.75. The van der Waals surface area contributed by atoms with Crippen molar-refractivity contribution in [3.63, 3.8) is 0 Å². The first-order valence-corrected chi connectivity index (χ1v) is 8.10. The first-order chi connectivity index (χ1) is 10.1. The molecule has 0 heterocycles. The highest BCUT2D eigenvalue weighted by Crippen LogP contribution is 2.27. The lowest BCUT2D eigenvalue weighted by Gasteiger charge is -2.26. The Morgan fingerprint density at radius 3 is 2.14 bits per heavy atom. The summed E-state index contributed by atoms with van der Waals surface area (Å²) >= 11 is 3.56. The van der Waals surface area contributed by atoms with Gasteiger partial charge in [-0.05, 0) is 54.9 Å². The Balaban J connectivity index is 2.82. The van der Waals surface area contributed by atoms with Gasteiger partial charge in [0, 0.05) is 36.3 Å². The number of benzene rings is 1. The third kappa shape index (κ3) is 6.16. The second-order valence-electron chi connectivity index (χ2n) is 4.60. The fraction of sp³-hybridized carbons (Fsp3) is 0.562. The number of ether oxygens (including phenoxy) is 2. The maximum Gasteiger partial charge on any atom is 0.159 e. The van der Waals surface area contributed by atoms with Crippen LogP contribution in [0, 0.1) is 0 Å². The number of anilines is 1. The van der Waals surface area contributed by atoms with Gasteiger partial charge in [0.05, 0.1) is 18.9 Å². The Bertz CT molecular complexity index is 441. The summed E-state index contributed by atoms with van der Waals surface area (Å²) in [6.45, 7) is 9.89. The number of nitrogens with zero attached hydrogens (tertiary/aromatic N) is 1. The summed E-state index contributed by atoms with van der Waals surface area (Å²) in [5.41, 5.74) is 1.76. The van der Waals surface area contributed by atoms with E-state index in [9.17, 15) is 4.79 Å². The molecule has 118 valence electrons. The van der Waals surface area contributed by atoms with Gasteiger partial charge in [0.15, 0.2) is 5.78 Å². The SMILES string of the molecule is CCOCCN(CCOCC)c1ccc(C(C)=O)cc1Br. The molecule has 0 unspecified atom stereocenters. The van der Waals surface area contributed by atoms with Crippen LogP contribution in [0.3, 0.4) is 0 Å². The molecule has 0 spiro atoms. The van der Waals surface area contributed by atoms with Crippen LogP contribution in [0.2, 0.25) is 0 Å². The largest absolute Gasteiger partial charge is 0.380 e. The normalized spacial score (nSPS) is 10.7. The van der Waals surface area contributed by atoms with Crippen molar-refractivity contribution in [2.45, 2.75) is 20.8 Å². The second kappa shape index (κ2) is 9.92. The van der Waals surface area contributed by atoms with Gasteiger partial charge < -0.3 is 14.4 Å². The third-order valence-electron chi connectivity index (χ3n) is 3.11. The number of hydrogen-bond donors (Lipinski definition) is 0. The topological polar surface area (TPSA) is 38.8 Å². The average molecular weight is 358 g/mol. The molecule has 0 aliphatic heterocycles. The van der Waals surface area contributed by atoms with E-state index in [2.05, 4.69) is 20.8 Å². The van der Waals surface area contributed by atoms with Crippen LogP contribution in [0.4, 0.5) is 5.69 Å². The fourth-order valence-corrected chi connectivity index (χ4v) is 2.60. The zero-order chi connectivity index (χ0) is 15.7. The van der Waals surface area contributed by atoms with Crippen LogP contribution in [0.1, 0.15) is 31.1 Å². The summed E-state index contributed by atoms with van der Waals surface area (Å²) in [6, 6.07) is 5.70. The molecule has 0 aliphatic carbocycles. The van der Waals surface area contributed by atoms with E-state index in [1.165, 1.54) is 0 Å². The highest BCUT2D eigenvalue weighted by molar-refractivity contribution is 9.10. The van der Waals surface area contributed by atoms with Crippen LogP contribution in [0.15, 0.2) is 22.7 Å². The summed E-state index contributed by atoms with van der Waals surface area (Å²) in [4.78, 5) is 13.6. The van der Waals surface area contributed by atoms with Crippen molar-refractivity contribution in [3.05, 3.63) is 28.2 Å². The molecule has 0 aliphatic rings. The molecule has 0 fully saturated rings. The first kappa shape index (κ1) is 18.1. The van der Waals surface area contributed by atoms with Gasteiger partial charge in [-0.3, -0.25) is 4.79 Å². The molecule has 4 nitrogen and oxygen atoms in total. The van der Waals surface area contributed by atoms with E-state index < -0.39 is 0 Å². The lowest BCUT2D eigenvalue weighted by Crippen LogP contribution is -2.31. The van der Waals surface area contributed by atoms with E-state index in [1.54, 1.807) is 6.92 Å². The van der Waals surface area contributed by atoms with Crippen molar-refractivity contribution in [3.8, 4) is 0 Å². The fourth-order valence-electron chi connectivity index (χ4n) is 1.97. The van der Waals surface area contributed by atoms with Gasteiger partial charge in [0.25, 0.3) is 0 Å². The van der Waals surface area contributed by atoms with Crippen molar-refractivity contribution >= 4 is 27.4 Å². The van der Waals surface area contributed by atoms with Crippen molar-refractivity contribution in [1.82, 2.24) is 0 Å². The predicted octanol–water partition coefficient (Wildman–Crippen LogP) is 3.53. The number of carbonyl (C=O) groups is 1. The number of Topliss-reactive ketones (excluding diaryl/α,β-unsaturated/α-hetero) is 1. The zero-order valence-corrected chi connectivity index (χ0v) is 14.6. The molecular weight excluding hydrogens is 334 g/mol. The van der Waals surface area contributed by atoms with Gasteiger partial charge in [-0.15, -0.1) is 0 Å². The zero-order valence-electron chi connectivity index (χ0n) is 13.0. The van der Waals surface area contributed by atoms with Crippen molar-refractivity contribution < 1.29 is 14.3 Å². The van der Waals surface area contributed by atoms with Gasteiger partial charge in [-0.25, -0.2) is 0 Å². The van der Waals surface area contributed by atoms with Gasteiger partial charge >= 0.3 is 0 Å². The maximum atomic E-state index is 11.4. The molecule has 0 amide bonds. The minimum atomic E-state index is 0.0671. The monoisotopic (exact) mass is 357 g/mol. The maximum absolute atomic E-state index is 11.4. The highest BCUT2D eigenvalue weighted by Gasteiger charge is 2.12. The summed E-state index contributed by atoms with van der Waals surface area (Å²) in [7, 11) is 0. The minimum Gasteiger partial charge on any atom is -0.380 e. The second-order valence-corrected chi connectivity index (χ2v) is 5.46. The molecule has 5 heteroatoms. The van der Waals surface area contributed by atoms with Gasteiger partial charge in [-0.1, -0.05) is 0 Å². The highest BCUT2D eigenvalue weighted by atomic mass is 79.9. The number of rotatable bonds is 10. The predicted molar refractivity (Wildman–Crippen MR) is 89.3 cm³/mol. The molecule has 0 aromatic heterocycles. The van der Waals surface area contributed by atoms with Crippen LogP contribution < -0.4 is 4.90 Å². The summed E-state index contributed by atoms with van der Waals surface area (Å²) in [5.74, 6) is 0.0671. The van der Waals surface area contributed by atoms with E-state index >= 15 is 0 Å². The molecule has 1 aromatic rings.